The van der Waals surface area contributed by atoms with E-state index in [0.717, 1.165) is 25.7 Å². The third-order valence-electron chi connectivity index (χ3n) is 4.69. The molecule has 0 aromatic heterocycles. The van der Waals surface area contributed by atoms with Gasteiger partial charge in [0.1, 0.15) is 0 Å². The highest BCUT2D eigenvalue weighted by molar-refractivity contribution is 7.77. The molecule has 1 fully saturated rings. The van der Waals surface area contributed by atoms with Gasteiger partial charge in [-0.25, -0.2) is 4.31 Å². The molecule has 0 bridgehead atoms. The molecule has 2 rings (SSSR count). The maximum Gasteiger partial charge on any atom is 0.172 e. The molecule has 0 atom stereocenters. The summed E-state index contributed by atoms with van der Waals surface area (Å²) in [5.74, 6) is -0.460. The topological polar surface area (TPSA) is 21.7 Å². The van der Waals surface area contributed by atoms with Gasteiger partial charge in [-0.15, -0.1) is 0 Å². The fraction of sp³-hybridized carbons (Fsp3) is 0.867. The van der Waals surface area contributed by atoms with Gasteiger partial charge in [-0.1, -0.05) is 38.8 Å². The Morgan fingerprint density at radius 2 is 1.58 bits per heavy atom. The van der Waals surface area contributed by atoms with Crippen molar-refractivity contribution in [3.63, 3.8) is 0 Å². The Hall–Kier alpha value is -0.0300. The molecule has 2 aliphatic rings. The number of hydrogen-bond donors (Lipinski definition) is 1. The fourth-order valence-corrected chi connectivity index (χ4v) is 4.02. The SMILES string of the molecule is CCC1(CC)CC2(CC(C)(C)N1S)OCC=CCO2. The van der Waals surface area contributed by atoms with Crippen LogP contribution in [0.3, 0.4) is 0 Å². The van der Waals surface area contributed by atoms with Crippen LogP contribution in [-0.2, 0) is 9.47 Å². The molecule has 0 unspecified atom stereocenters. The summed E-state index contributed by atoms with van der Waals surface area (Å²) < 4.78 is 14.5. The maximum absolute atomic E-state index is 6.10. The van der Waals surface area contributed by atoms with Gasteiger partial charge in [0.05, 0.1) is 13.2 Å². The van der Waals surface area contributed by atoms with Crippen molar-refractivity contribution in [2.75, 3.05) is 13.2 Å². The Labute approximate surface area is 122 Å². The van der Waals surface area contributed by atoms with E-state index >= 15 is 0 Å². The zero-order chi connectivity index (χ0) is 14.1. The summed E-state index contributed by atoms with van der Waals surface area (Å²) in [6.45, 7) is 10.2. The molecule has 1 saturated heterocycles. The number of nitrogens with zero attached hydrogens (tertiary/aromatic N) is 1. The predicted molar refractivity (Wildman–Crippen MR) is 81.2 cm³/mol. The predicted octanol–water partition coefficient (Wildman–Crippen LogP) is 3.56. The molecule has 0 radical (unpaired) electrons. The van der Waals surface area contributed by atoms with Crippen LogP contribution in [0.1, 0.15) is 53.4 Å². The second-order valence-corrected chi connectivity index (χ2v) is 6.81. The molecule has 3 nitrogen and oxygen atoms in total. The standard InChI is InChI=1S/C15H27NO2S/c1-5-14(6-2)12-15(11-13(3,4)16(14)19)17-9-7-8-10-18-15/h7-8,19H,5-6,9-12H2,1-4H3. The highest BCUT2D eigenvalue weighted by Crippen LogP contribution is 2.50. The van der Waals surface area contributed by atoms with E-state index in [0.29, 0.717) is 13.2 Å². The molecule has 110 valence electrons. The van der Waals surface area contributed by atoms with Crippen molar-refractivity contribution in [2.45, 2.75) is 70.2 Å². The molecule has 0 N–H and O–H groups in total. The molecule has 2 heterocycles. The first-order valence-corrected chi connectivity index (χ1v) is 7.72. The first-order valence-electron chi connectivity index (χ1n) is 7.32. The third kappa shape index (κ3) is 2.73. The van der Waals surface area contributed by atoms with Gasteiger partial charge in [-0.2, -0.15) is 0 Å². The minimum Gasteiger partial charge on any atom is -0.346 e. The lowest BCUT2D eigenvalue weighted by molar-refractivity contribution is -0.275. The number of piperidine rings is 1. The highest BCUT2D eigenvalue weighted by Gasteiger charge is 2.55. The van der Waals surface area contributed by atoms with E-state index in [1.807, 2.05) is 12.2 Å². The van der Waals surface area contributed by atoms with Crippen molar-refractivity contribution in [1.82, 2.24) is 4.31 Å². The van der Waals surface area contributed by atoms with Gasteiger partial charge in [-0.05, 0) is 26.7 Å². The van der Waals surface area contributed by atoms with Crippen molar-refractivity contribution >= 4 is 12.8 Å². The Balaban J connectivity index is 2.33. The summed E-state index contributed by atoms with van der Waals surface area (Å²) in [5, 5.41) is 0. The fourth-order valence-electron chi connectivity index (χ4n) is 3.60. The van der Waals surface area contributed by atoms with Crippen molar-refractivity contribution in [2.24, 2.45) is 0 Å². The molecular formula is C15H27NO2S. The van der Waals surface area contributed by atoms with Crippen LogP contribution < -0.4 is 0 Å². The monoisotopic (exact) mass is 285 g/mol. The molecule has 0 amide bonds. The van der Waals surface area contributed by atoms with Crippen LogP contribution in [-0.4, -0.2) is 34.4 Å². The third-order valence-corrected chi connectivity index (χ3v) is 5.66. The summed E-state index contributed by atoms with van der Waals surface area (Å²) >= 11 is 4.82. The molecule has 19 heavy (non-hydrogen) atoms. The van der Waals surface area contributed by atoms with E-state index in [-0.39, 0.29) is 11.1 Å². The van der Waals surface area contributed by atoms with Gasteiger partial charge < -0.3 is 9.47 Å². The average molecular weight is 285 g/mol. The molecular weight excluding hydrogens is 258 g/mol. The Morgan fingerprint density at radius 1 is 1.05 bits per heavy atom. The van der Waals surface area contributed by atoms with E-state index in [9.17, 15) is 0 Å². The van der Waals surface area contributed by atoms with Gasteiger partial charge in [0.2, 0.25) is 0 Å². The Kier molecular flexibility index (Phi) is 4.36. The molecule has 0 saturated carbocycles. The largest absolute Gasteiger partial charge is 0.346 e. The second-order valence-electron chi connectivity index (χ2n) is 6.41. The van der Waals surface area contributed by atoms with E-state index in [1.165, 1.54) is 0 Å². The minimum absolute atomic E-state index is 0.0369. The van der Waals surface area contributed by atoms with Crippen molar-refractivity contribution in [3.05, 3.63) is 12.2 Å². The zero-order valence-corrected chi connectivity index (χ0v) is 13.5. The summed E-state index contributed by atoms with van der Waals surface area (Å²) in [5.41, 5.74) is -0.00702. The van der Waals surface area contributed by atoms with Crippen LogP contribution in [0.4, 0.5) is 0 Å². The summed E-state index contributed by atoms with van der Waals surface area (Å²) in [7, 11) is 0. The number of hydrogen-bond acceptors (Lipinski definition) is 4. The molecule has 0 aromatic carbocycles. The van der Waals surface area contributed by atoms with Gasteiger partial charge in [-0.3, -0.25) is 0 Å². The van der Waals surface area contributed by atoms with Crippen LogP contribution in [0.5, 0.6) is 0 Å². The molecule has 2 aliphatic heterocycles. The van der Waals surface area contributed by atoms with Crippen LogP contribution in [0.2, 0.25) is 0 Å². The van der Waals surface area contributed by atoms with Crippen molar-refractivity contribution in [1.29, 1.82) is 0 Å². The van der Waals surface area contributed by atoms with Crippen LogP contribution in [0.25, 0.3) is 0 Å². The van der Waals surface area contributed by atoms with Crippen molar-refractivity contribution in [3.8, 4) is 0 Å². The molecule has 0 aromatic rings. The first kappa shape index (κ1) is 15.4. The Morgan fingerprint density at radius 3 is 2.05 bits per heavy atom. The van der Waals surface area contributed by atoms with Gasteiger partial charge in [0, 0.05) is 23.9 Å². The minimum atomic E-state index is -0.460. The van der Waals surface area contributed by atoms with Crippen LogP contribution in [0, 0.1) is 0 Å². The molecule has 1 spiro atoms. The summed E-state index contributed by atoms with van der Waals surface area (Å²) in [6.07, 6.45) is 7.95. The van der Waals surface area contributed by atoms with Gasteiger partial charge in [0.15, 0.2) is 5.79 Å². The number of rotatable bonds is 2. The van der Waals surface area contributed by atoms with E-state index in [2.05, 4.69) is 32.0 Å². The maximum atomic E-state index is 6.10. The van der Waals surface area contributed by atoms with Gasteiger partial charge in [0.25, 0.3) is 0 Å². The zero-order valence-electron chi connectivity index (χ0n) is 12.6. The summed E-state index contributed by atoms with van der Waals surface area (Å²) in [6, 6.07) is 0. The van der Waals surface area contributed by atoms with Crippen LogP contribution >= 0.6 is 12.8 Å². The summed E-state index contributed by atoms with van der Waals surface area (Å²) in [4.78, 5) is 0. The first-order chi connectivity index (χ1) is 8.90. The van der Waals surface area contributed by atoms with E-state index in [4.69, 9.17) is 22.3 Å². The van der Waals surface area contributed by atoms with Crippen LogP contribution in [0.15, 0.2) is 12.2 Å². The van der Waals surface area contributed by atoms with Crippen molar-refractivity contribution < 1.29 is 9.47 Å². The lowest BCUT2D eigenvalue weighted by Crippen LogP contribution is -2.65. The number of ether oxygens (including phenoxy) is 2. The molecule has 0 aliphatic carbocycles. The Bertz CT molecular complexity index is 340. The average Bonchev–Trinajstić information content (AvgIpc) is 2.59. The van der Waals surface area contributed by atoms with Gasteiger partial charge >= 0.3 is 0 Å². The second kappa shape index (κ2) is 5.40. The lowest BCUT2D eigenvalue weighted by atomic mass is 9.74. The lowest BCUT2D eigenvalue weighted by Gasteiger charge is -2.58. The normalized spacial score (nSPS) is 29.3. The quantitative estimate of drug-likeness (QED) is 0.619. The molecule has 4 heteroatoms. The van der Waals surface area contributed by atoms with E-state index in [1.54, 1.807) is 0 Å². The highest BCUT2D eigenvalue weighted by atomic mass is 32.1. The smallest absolute Gasteiger partial charge is 0.172 e. The van der Waals surface area contributed by atoms with E-state index < -0.39 is 5.79 Å². The number of thiol groups is 1.